The summed E-state index contributed by atoms with van der Waals surface area (Å²) in [4.78, 5) is 2.34. The lowest BCUT2D eigenvalue weighted by molar-refractivity contribution is 0.206. The number of nitriles is 1. The van der Waals surface area contributed by atoms with Crippen molar-refractivity contribution in [2.75, 3.05) is 25.5 Å². The molecule has 0 aliphatic carbocycles. The van der Waals surface area contributed by atoms with Gasteiger partial charge in [0.1, 0.15) is 11.6 Å². The second-order valence-corrected chi connectivity index (χ2v) is 5.95. The minimum absolute atomic E-state index is 0.361. The molecular weight excluding hydrogens is 262 g/mol. The molecule has 0 bridgehead atoms. The van der Waals surface area contributed by atoms with E-state index in [1.54, 1.807) is 0 Å². The van der Waals surface area contributed by atoms with Crippen LogP contribution in [0.2, 0.25) is 0 Å². The maximum atomic E-state index is 9.52. The molecule has 1 N–H and O–H groups in total. The van der Waals surface area contributed by atoms with Gasteiger partial charge in [0.15, 0.2) is 5.82 Å². The summed E-state index contributed by atoms with van der Waals surface area (Å²) in [5, 5.41) is 21.6. The van der Waals surface area contributed by atoms with Crippen molar-refractivity contribution < 1.29 is 0 Å². The Balaban J connectivity index is 2.26. The lowest BCUT2D eigenvalue weighted by Crippen LogP contribution is -2.43. The highest BCUT2D eigenvalue weighted by Crippen LogP contribution is 2.24. The molecule has 114 valence electrons. The largest absolute Gasteiger partial charge is 0.364 e. The summed E-state index contributed by atoms with van der Waals surface area (Å²) < 4.78 is 0. The second kappa shape index (κ2) is 6.86. The van der Waals surface area contributed by atoms with Crippen LogP contribution < -0.4 is 5.32 Å². The van der Waals surface area contributed by atoms with E-state index in [1.807, 2.05) is 0 Å². The van der Waals surface area contributed by atoms with Crippen LogP contribution in [0.1, 0.15) is 44.0 Å². The molecule has 2 heterocycles. The van der Waals surface area contributed by atoms with Gasteiger partial charge in [-0.25, -0.2) is 0 Å². The standard InChI is InChI=1S/C16H25N5/c1-5-12-13(9-17)16(20-19-14(12)6-2)18-15-7-8-21(4)10-11(15)3/h11,15H,5-8,10H2,1-4H3,(H,18,20). The van der Waals surface area contributed by atoms with Crippen LogP contribution in [-0.2, 0) is 12.8 Å². The molecule has 1 aromatic heterocycles. The zero-order chi connectivity index (χ0) is 15.4. The average Bonchev–Trinajstić information content (AvgIpc) is 2.49. The highest BCUT2D eigenvalue weighted by molar-refractivity contribution is 5.57. The number of nitrogens with one attached hydrogen (secondary N) is 1. The first-order valence-corrected chi connectivity index (χ1v) is 7.84. The van der Waals surface area contributed by atoms with Crippen LogP contribution in [0.25, 0.3) is 0 Å². The number of aryl methyl sites for hydroxylation is 1. The van der Waals surface area contributed by atoms with E-state index in [0.29, 0.717) is 23.3 Å². The number of rotatable bonds is 4. The minimum Gasteiger partial charge on any atom is -0.364 e. The molecule has 0 spiro atoms. The van der Waals surface area contributed by atoms with Crippen LogP contribution in [-0.4, -0.2) is 41.3 Å². The molecule has 0 radical (unpaired) electrons. The molecule has 5 heteroatoms. The normalized spacial score (nSPS) is 22.8. The molecule has 2 rings (SSSR count). The van der Waals surface area contributed by atoms with E-state index in [4.69, 9.17) is 0 Å². The minimum atomic E-state index is 0.361. The van der Waals surface area contributed by atoms with Gasteiger partial charge in [-0.3, -0.25) is 0 Å². The molecule has 5 nitrogen and oxygen atoms in total. The monoisotopic (exact) mass is 287 g/mol. The molecule has 1 saturated heterocycles. The quantitative estimate of drug-likeness (QED) is 0.920. The number of hydrogen-bond acceptors (Lipinski definition) is 5. The molecule has 2 atom stereocenters. The van der Waals surface area contributed by atoms with Crippen molar-refractivity contribution in [2.24, 2.45) is 5.92 Å². The summed E-state index contributed by atoms with van der Waals surface area (Å²) in [5.74, 6) is 1.20. The molecule has 21 heavy (non-hydrogen) atoms. The third kappa shape index (κ3) is 3.33. The first-order valence-electron chi connectivity index (χ1n) is 7.84. The van der Waals surface area contributed by atoms with Crippen molar-refractivity contribution in [3.8, 4) is 6.07 Å². The fraction of sp³-hybridized carbons (Fsp3) is 0.688. The lowest BCUT2D eigenvalue weighted by Gasteiger charge is -2.35. The van der Waals surface area contributed by atoms with E-state index in [9.17, 15) is 5.26 Å². The molecule has 1 aliphatic rings. The molecule has 1 aromatic rings. The molecule has 1 fully saturated rings. The van der Waals surface area contributed by atoms with Crippen molar-refractivity contribution in [2.45, 2.75) is 46.1 Å². The predicted octanol–water partition coefficient (Wildman–Crippen LogP) is 2.23. The summed E-state index contributed by atoms with van der Waals surface area (Å²) in [6.07, 6.45) is 2.70. The van der Waals surface area contributed by atoms with Crippen molar-refractivity contribution in [1.29, 1.82) is 5.26 Å². The number of aromatic nitrogens is 2. The van der Waals surface area contributed by atoms with Crippen LogP contribution in [0.5, 0.6) is 0 Å². The van der Waals surface area contributed by atoms with E-state index in [2.05, 4.69) is 54.3 Å². The van der Waals surface area contributed by atoms with Crippen molar-refractivity contribution in [3.05, 3.63) is 16.8 Å². The Morgan fingerprint density at radius 1 is 1.33 bits per heavy atom. The predicted molar refractivity (Wildman–Crippen MR) is 84.2 cm³/mol. The lowest BCUT2D eigenvalue weighted by atomic mass is 9.94. The number of likely N-dealkylation sites (tertiary alicyclic amines) is 1. The molecular formula is C16H25N5. The van der Waals surface area contributed by atoms with Gasteiger partial charge in [0.25, 0.3) is 0 Å². The topological polar surface area (TPSA) is 64.8 Å². The van der Waals surface area contributed by atoms with E-state index in [0.717, 1.165) is 43.6 Å². The molecule has 0 aromatic carbocycles. The third-order valence-corrected chi connectivity index (χ3v) is 4.39. The Labute approximate surface area is 127 Å². The van der Waals surface area contributed by atoms with Gasteiger partial charge in [-0.05, 0) is 44.3 Å². The average molecular weight is 287 g/mol. The summed E-state index contributed by atoms with van der Waals surface area (Å²) in [5.41, 5.74) is 2.66. The zero-order valence-corrected chi connectivity index (χ0v) is 13.5. The second-order valence-electron chi connectivity index (χ2n) is 5.95. The van der Waals surface area contributed by atoms with Gasteiger partial charge >= 0.3 is 0 Å². The maximum absolute atomic E-state index is 9.52. The summed E-state index contributed by atoms with van der Waals surface area (Å²) in [6, 6.07) is 2.69. The van der Waals surface area contributed by atoms with Crippen molar-refractivity contribution in [1.82, 2.24) is 15.1 Å². The Morgan fingerprint density at radius 2 is 2.10 bits per heavy atom. The highest BCUT2D eigenvalue weighted by Gasteiger charge is 2.26. The van der Waals surface area contributed by atoms with E-state index in [1.165, 1.54) is 0 Å². The van der Waals surface area contributed by atoms with Crippen molar-refractivity contribution in [3.63, 3.8) is 0 Å². The fourth-order valence-corrected chi connectivity index (χ4v) is 3.14. The Hall–Kier alpha value is -1.67. The first-order chi connectivity index (χ1) is 10.1. The van der Waals surface area contributed by atoms with Crippen LogP contribution in [0.4, 0.5) is 5.82 Å². The van der Waals surface area contributed by atoms with Gasteiger partial charge in [0, 0.05) is 12.6 Å². The molecule has 0 saturated carbocycles. The van der Waals surface area contributed by atoms with Crippen LogP contribution in [0.15, 0.2) is 0 Å². The third-order valence-electron chi connectivity index (χ3n) is 4.39. The summed E-state index contributed by atoms with van der Waals surface area (Å²) in [7, 11) is 2.15. The molecule has 2 unspecified atom stereocenters. The number of anilines is 1. The zero-order valence-electron chi connectivity index (χ0n) is 13.5. The van der Waals surface area contributed by atoms with Gasteiger partial charge in [-0.2, -0.15) is 10.4 Å². The van der Waals surface area contributed by atoms with Crippen LogP contribution in [0, 0.1) is 17.2 Å². The Morgan fingerprint density at radius 3 is 2.67 bits per heavy atom. The summed E-state index contributed by atoms with van der Waals surface area (Å²) >= 11 is 0. The first kappa shape index (κ1) is 15.7. The van der Waals surface area contributed by atoms with E-state index < -0.39 is 0 Å². The summed E-state index contributed by atoms with van der Waals surface area (Å²) in [6.45, 7) is 8.51. The van der Waals surface area contributed by atoms with E-state index >= 15 is 0 Å². The number of nitrogens with zero attached hydrogens (tertiary/aromatic N) is 4. The maximum Gasteiger partial charge on any atom is 0.167 e. The van der Waals surface area contributed by atoms with Crippen LogP contribution in [0.3, 0.4) is 0 Å². The smallest absolute Gasteiger partial charge is 0.167 e. The molecule has 0 amide bonds. The fourth-order valence-electron chi connectivity index (χ4n) is 3.14. The van der Waals surface area contributed by atoms with Gasteiger partial charge in [0.05, 0.1) is 5.69 Å². The Bertz CT molecular complexity index is 534. The van der Waals surface area contributed by atoms with Gasteiger partial charge < -0.3 is 10.2 Å². The number of hydrogen-bond donors (Lipinski definition) is 1. The van der Waals surface area contributed by atoms with Gasteiger partial charge in [-0.1, -0.05) is 20.8 Å². The van der Waals surface area contributed by atoms with Gasteiger partial charge in [0.2, 0.25) is 0 Å². The molecule has 1 aliphatic heterocycles. The van der Waals surface area contributed by atoms with Gasteiger partial charge in [-0.15, -0.1) is 5.10 Å². The number of piperidine rings is 1. The SMILES string of the molecule is CCc1nnc(NC2CCN(C)CC2C)c(C#N)c1CC. The highest BCUT2D eigenvalue weighted by atomic mass is 15.2. The van der Waals surface area contributed by atoms with E-state index in [-0.39, 0.29) is 0 Å². The van der Waals surface area contributed by atoms with Crippen molar-refractivity contribution >= 4 is 5.82 Å². The van der Waals surface area contributed by atoms with Crippen LogP contribution >= 0.6 is 0 Å². The Kier molecular flexibility index (Phi) is 5.13.